The van der Waals surface area contributed by atoms with Crippen LogP contribution in [0.15, 0.2) is 4.99 Å². The predicted octanol–water partition coefficient (Wildman–Crippen LogP) is 1.95. The first-order chi connectivity index (χ1) is 12.1. The number of hydrogen-bond acceptors (Lipinski definition) is 4. The maximum atomic E-state index is 5.67. The lowest BCUT2D eigenvalue weighted by atomic mass is 10.1. The molecule has 2 heterocycles. The van der Waals surface area contributed by atoms with E-state index in [-0.39, 0.29) is 24.0 Å². The Balaban J connectivity index is 0.00000338. The van der Waals surface area contributed by atoms with E-state index in [2.05, 4.69) is 34.6 Å². The number of ether oxygens (including phenoxy) is 2. The number of guanidine groups is 1. The van der Waals surface area contributed by atoms with Crippen LogP contribution in [0.2, 0.25) is 0 Å². The summed E-state index contributed by atoms with van der Waals surface area (Å²) in [5, 5.41) is 11.1. The van der Waals surface area contributed by atoms with Crippen molar-refractivity contribution in [1.29, 1.82) is 0 Å². The molecule has 0 saturated carbocycles. The highest BCUT2D eigenvalue weighted by atomic mass is 127. The van der Waals surface area contributed by atoms with Gasteiger partial charge in [-0.15, -0.1) is 24.0 Å². The van der Waals surface area contributed by atoms with Gasteiger partial charge in [0.25, 0.3) is 0 Å². The number of aromatic nitrogens is 2. The minimum atomic E-state index is 0. The number of nitrogens with one attached hydrogen (secondary N) is 2. The molecule has 0 aliphatic carbocycles. The molecule has 0 aromatic carbocycles. The summed E-state index contributed by atoms with van der Waals surface area (Å²) in [6.45, 7) is 8.20. The Morgan fingerprint density at radius 3 is 2.73 bits per heavy atom. The molecule has 0 spiro atoms. The number of rotatable bonds is 9. The van der Waals surface area contributed by atoms with Gasteiger partial charge in [-0.1, -0.05) is 0 Å². The first kappa shape index (κ1) is 23.2. The molecule has 1 aromatic heterocycles. The second kappa shape index (κ2) is 12.5. The summed E-state index contributed by atoms with van der Waals surface area (Å²) in [5.74, 6) is 0.832. The smallest absolute Gasteiger partial charge is 0.190 e. The molecule has 7 nitrogen and oxygen atoms in total. The van der Waals surface area contributed by atoms with Gasteiger partial charge in [0.15, 0.2) is 5.96 Å². The summed E-state index contributed by atoms with van der Waals surface area (Å²) < 4.78 is 13.1. The minimum Gasteiger partial charge on any atom is -0.379 e. The Kier molecular flexibility index (Phi) is 11.1. The van der Waals surface area contributed by atoms with E-state index in [0.29, 0.717) is 6.10 Å². The van der Waals surface area contributed by atoms with Gasteiger partial charge >= 0.3 is 0 Å². The number of nitrogens with zero attached hydrogens (tertiary/aromatic N) is 3. The third kappa shape index (κ3) is 7.40. The van der Waals surface area contributed by atoms with Crippen LogP contribution >= 0.6 is 24.0 Å². The van der Waals surface area contributed by atoms with Crippen molar-refractivity contribution in [2.24, 2.45) is 12.0 Å². The topological polar surface area (TPSA) is 72.7 Å². The van der Waals surface area contributed by atoms with E-state index in [1.165, 1.54) is 11.3 Å². The van der Waals surface area contributed by atoms with Crippen molar-refractivity contribution in [2.45, 2.75) is 45.6 Å². The van der Waals surface area contributed by atoms with Crippen molar-refractivity contribution in [3.05, 3.63) is 17.0 Å². The van der Waals surface area contributed by atoms with Crippen LogP contribution in [-0.2, 0) is 22.9 Å². The Morgan fingerprint density at radius 1 is 1.35 bits per heavy atom. The third-order valence-electron chi connectivity index (χ3n) is 4.64. The fourth-order valence-electron chi connectivity index (χ4n) is 3.08. The SMILES string of the molecule is CN=C(NCCCOCC1CCCO1)NCCc1c(C)nn(C)c1C.I. The lowest BCUT2D eigenvalue weighted by molar-refractivity contribution is 0.0168. The molecular formula is C18H34IN5O2. The Morgan fingerprint density at radius 2 is 2.12 bits per heavy atom. The van der Waals surface area contributed by atoms with E-state index in [0.717, 1.165) is 70.2 Å². The van der Waals surface area contributed by atoms with Crippen LogP contribution in [0.4, 0.5) is 0 Å². The molecule has 0 bridgehead atoms. The number of halogens is 1. The molecule has 1 unspecified atom stereocenters. The average Bonchev–Trinajstić information content (AvgIpc) is 3.19. The molecule has 1 aliphatic rings. The van der Waals surface area contributed by atoms with E-state index in [4.69, 9.17) is 9.47 Å². The van der Waals surface area contributed by atoms with Crippen LogP contribution in [0.1, 0.15) is 36.2 Å². The van der Waals surface area contributed by atoms with E-state index in [1.54, 1.807) is 7.05 Å². The fourth-order valence-corrected chi connectivity index (χ4v) is 3.08. The van der Waals surface area contributed by atoms with E-state index < -0.39 is 0 Å². The van der Waals surface area contributed by atoms with Crippen LogP contribution in [0.3, 0.4) is 0 Å². The quantitative estimate of drug-likeness (QED) is 0.245. The van der Waals surface area contributed by atoms with E-state index in [9.17, 15) is 0 Å². The summed E-state index contributed by atoms with van der Waals surface area (Å²) in [6, 6.07) is 0. The third-order valence-corrected chi connectivity index (χ3v) is 4.64. The summed E-state index contributed by atoms with van der Waals surface area (Å²) in [5.41, 5.74) is 3.65. The second-order valence-corrected chi connectivity index (χ2v) is 6.51. The standard InChI is InChI=1S/C18H33N5O2.HI/c1-14-17(15(2)23(4)22-14)8-10-21-18(19-3)20-9-6-11-24-13-16-7-5-12-25-16;/h16H,5-13H2,1-4H3,(H2,19,20,21);1H. The zero-order chi connectivity index (χ0) is 18.1. The van der Waals surface area contributed by atoms with Crippen LogP contribution in [0.5, 0.6) is 0 Å². The van der Waals surface area contributed by atoms with Gasteiger partial charge in [-0.05, 0) is 45.1 Å². The van der Waals surface area contributed by atoms with Gasteiger partial charge < -0.3 is 20.1 Å². The van der Waals surface area contributed by atoms with Crippen molar-refractivity contribution >= 4 is 29.9 Å². The van der Waals surface area contributed by atoms with Crippen molar-refractivity contribution in [3.63, 3.8) is 0 Å². The zero-order valence-electron chi connectivity index (χ0n) is 16.5. The van der Waals surface area contributed by atoms with Gasteiger partial charge in [-0.3, -0.25) is 9.67 Å². The van der Waals surface area contributed by atoms with Crippen molar-refractivity contribution < 1.29 is 9.47 Å². The maximum Gasteiger partial charge on any atom is 0.190 e. The summed E-state index contributed by atoms with van der Waals surface area (Å²) >= 11 is 0. The molecule has 0 radical (unpaired) electrons. The van der Waals surface area contributed by atoms with Gasteiger partial charge in [0.1, 0.15) is 0 Å². The molecule has 26 heavy (non-hydrogen) atoms. The molecule has 1 aliphatic heterocycles. The molecule has 2 rings (SSSR count). The summed E-state index contributed by atoms with van der Waals surface area (Å²) in [4.78, 5) is 4.26. The monoisotopic (exact) mass is 479 g/mol. The van der Waals surface area contributed by atoms with Crippen molar-refractivity contribution in [1.82, 2.24) is 20.4 Å². The van der Waals surface area contributed by atoms with Gasteiger partial charge in [0.2, 0.25) is 0 Å². The van der Waals surface area contributed by atoms with Crippen LogP contribution < -0.4 is 10.6 Å². The first-order valence-electron chi connectivity index (χ1n) is 9.24. The van der Waals surface area contributed by atoms with Gasteiger partial charge in [0, 0.05) is 46.1 Å². The Hall–Kier alpha value is -0.870. The first-order valence-corrected chi connectivity index (χ1v) is 9.24. The number of hydrogen-bond donors (Lipinski definition) is 2. The summed E-state index contributed by atoms with van der Waals surface area (Å²) in [7, 11) is 3.78. The van der Waals surface area contributed by atoms with Crippen molar-refractivity contribution in [3.8, 4) is 0 Å². The highest BCUT2D eigenvalue weighted by molar-refractivity contribution is 14.0. The van der Waals surface area contributed by atoms with Gasteiger partial charge in [0.05, 0.1) is 18.4 Å². The molecule has 1 atom stereocenters. The molecule has 0 amide bonds. The molecular weight excluding hydrogens is 445 g/mol. The molecule has 1 saturated heterocycles. The molecule has 1 fully saturated rings. The molecule has 150 valence electrons. The molecule has 2 N–H and O–H groups in total. The van der Waals surface area contributed by atoms with Crippen LogP contribution in [0, 0.1) is 13.8 Å². The predicted molar refractivity (Wildman–Crippen MR) is 116 cm³/mol. The second-order valence-electron chi connectivity index (χ2n) is 6.51. The maximum absolute atomic E-state index is 5.67. The Bertz CT molecular complexity index is 556. The lowest BCUT2D eigenvalue weighted by Gasteiger charge is -2.13. The minimum absolute atomic E-state index is 0. The van der Waals surface area contributed by atoms with Crippen LogP contribution in [0.25, 0.3) is 0 Å². The highest BCUT2D eigenvalue weighted by Gasteiger charge is 2.14. The zero-order valence-corrected chi connectivity index (χ0v) is 18.8. The Labute approximate surface area is 174 Å². The number of aliphatic imine (C=N–C) groups is 1. The van der Waals surface area contributed by atoms with Gasteiger partial charge in [-0.2, -0.15) is 5.10 Å². The molecule has 8 heteroatoms. The summed E-state index contributed by atoms with van der Waals surface area (Å²) in [6.07, 6.45) is 4.49. The molecule has 1 aromatic rings. The fraction of sp³-hybridized carbons (Fsp3) is 0.778. The average molecular weight is 479 g/mol. The lowest BCUT2D eigenvalue weighted by Crippen LogP contribution is -2.39. The van der Waals surface area contributed by atoms with E-state index >= 15 is 0 Å². The number of aryl methyl sites for hydroxylation is 2. The highest BCUT2D eigenvalue weighted by Crippen LogP contribution is 2.12. The van der Waals surface area contributed by atoms with Crippen LogP contribution in [-0.4, -0.2) is 61.8 Å². The normalized spacial score (nSPS) is 17.2. The van der Waals surface area contributed by atoms with Gasteiger partial charge in [-0.25, -0.2) is 0 Å². The largest absolute Gasteiger partial charge is 0.379 e. The van der Waals surface area contributed by atoms with E-state index in [1.807, 2.05) is 11.7 Å². The van der Waals surface area contributed by atoms with Crippen molar-refractivity contribution in [2.75, 3.05) is 40.0 Å².